The summed E-state index contributed by atoms with van der Waals surface area (Å²) >= 11 is 17.9. The summed E-state index contributed by atoms with van der Waals surface area (Å²) < 4.78 is 27.0. The lowest BCUT2D eigenvalue weighted by Crippen LogP contribution is -2.40. The van der Waals surface area contributed by atoms with Crippen LogP contribution in [-0.4, -0.2) is 38.9 Å². The van der Waals surface area contributed by atoms with Crippen molar-refractivity contribution >= 4 is 57.2 Å². The molecule has 0 saturated carbocycles. The molecule has 1 atom stereocenters. The molecule has 1 aliphatic heterocycles. The maximum Gasteiger partial charge on any atom is 0.246 e. The molecule has 1 aromatic carbocycles. The van der Waals surface area contributed by atoms with Gasteiger partial charge in [0.2, 0.25) is 10.0 Å². The molecule has 2 rings (SSSR count). The highest BCUT2D eigenvalue weighted by Crippen LogP contribution is 2.36. The van der Waals surface area contributed by atoms with Gasteiger partial charge < -0.3 is 5.32 Å². The zero-order valence-electron chi connectivity index (χ0n) is 11.3. The molecule has 1 fully saturated rings. The number of nitrogens with zero attached hydrogens (tertiary/aromatic N) is 1. The first-order chi connectivity index (χ1) is 9.37. The van der Waals surface area contributed by atoms with Gasteiger partial charge in [-0.15, -0.1) is 12.4 Å². The number of hydrogen-bond acceptors (Lipinski definition) is 3. The molecule has 1 saturated heterocycles. The summed E-state index contributed by atoms with van der Waals surface area (Å²) in [6.45, 7) is 1.08. The van der Waals surface area contributed by atoms with Crippen molar-refractivity contribution in [3.05, 3.63) is 27.2 Å². The van der Waals surface area contributed by atoms with Gasteiger partial charge in [-0.05, 0) is 32.0 Å². The van der Waals surface area contributed by atoms with Gasteiger partial charge in [-0.3, -0.25) is 0 Å². The van der Waals surface area contributed by atoms with Crippen molar-refractivity contribution in [1.29, 1.82) is 0 Å². The zero-order valence-corrected chi connectivity index (χ0v) is 15.2. The summed E-state index contributed by atoms with van der Waals surface area (Å²) in [6, 6.07) is 2.71. The van der Waals surface area contributed by atoms with Gasteiger partial charge in [0.15, 0.2) is 0 Å². The summed E-state index contributed by atoms with van der Waals surface area (Å²) in [4.78, 5) is -0.0618. The Morgan fingerprint density at radius 1 is 1.29 bits per heavy atom. The van der Waals surface area contributed by atoms with Crippen LogP contribution in [0.5, 0.6) is 0 Å². The van der Waals surface area contributed by atoms with Crippen LogP contribution in [0.15, 0.2) is 17.0 Å². The Hall–Kier alpha value is 0.250. The second-order valence-electron chi connectivity index (χ2n) is 4.67. The van der Waals surface area contributed by atoms with Gasteiger partial charge in [0.1, 0.15) is 4.90 Å². The molecular formula is C12H16Cl4N2O2S. The van der Waals surface area contributed by atoms with E-state index in [9.17, 15) is 8.42 Å². The lowest BCUT2D eigenvalue weighted by atomic mass is 10.2. The van der Waals surface area contributed by atoms with Crippen molar-refractivity contribution in [2.24, 2.45) is 0 Å². The van der Waals surface area contributed by atoms with Gasteiger partial charge >= 0.3 is 0 Å². The Bertz CT molecular complexity index is 586. The largest absolute Gasteiger partial charge is 0.318 e. The summed E-state index contributed by atoms with van der Waals surface area (Å²) in [6.07, 6.45) is 1.65. The van der Waals surface area contributed by atoms with Crippen LogP contribution in [0.1, 0.15) is 12.8 Å². The van der Waals surface area contributed by atoms with Crippen molar-refractivity contribution in [3.8, 4) is 0 Å². The number of benzene rings is 1. The maximum absolute atomic E-state index is 12.8. The Morgan fingerprint density at radius 2 is 1.86 bits per heavy atom. The van der Waals surface area contributed by atoms with Gasteiger partial charge in [-0.2, -0.15) is 4.31 Å². The van der Waals surface area contributed by atoms with Gasteiger partial charge in [0.25, 0.3) is 0 Å². The molecule has 1 aliphatic rings. The Kier molecular flexibility index (Phi) is 7.06. The summed E-state index contributed by atoms with van der Waals surface area (Å²) in [7, 11) is -1.92. The van der Waals surface area contributed by atoms with E-state index in [1.807, 2.05) is 0 Å². The van der Waals surface area contributed by atoms with E-state index < -0.39 is 10.0 Å². The molecule has 120 valence electrons. The zero-order chi connectivity index (χ0) is 14.9. The van der Waals surface area contributed by atoms with E-state index >= 15 is 0 Å². The van der Waals surface area contributed by atoms with Crippen molar-refractivity contribution in [3.63, 3.8) is 0 Å². The van der Waals surface area contributed by atoms with Crippen molar-refractivity contribution in [2.75, 3.05) is 20.1 Å². The van der Waals surface area contributed by atoms with E-state index in [0.717, 1.165) is 12.8 Å². The minimum absolute atomic E-state index is 0. The standard InChI is InChI=1S/C12H15Cl3N2O2S.ClH/c1-16-7-9-3-2-4-17(9)20(18,19)12-10(14)5-8(13)6-11(12)15;/h5-6,9,16H,2-4,7H2,1H3;1H. The third-order valence-electron chi connectivity index (χ3n) is 3.29. The molecule has 0 aliphatic carbocycles. The highest BCUT2D eigenvalue weighted by molar-refractivity contribution is 7.89. The minimum Gasteiger partial charge on any atom is -0.318 e. The van der Waals surface area contributed by atoms with Crippen LogP contribution >= 0.6 is 47.2 Å². The topological polar surface area (TPSA) is 49.4 Å². The van der Waals surface area contributed by atoms with Crippen molar-refractivity contribution in [2.45, 2.75) is 23.8 Å². The normalized spacial score (nSPS) is 19.5. The first kappa shape index (κ1) is 19.3. The average Bonchev–Trinajstić information content (AvgIpc) is 2.76. The maximum atomic E-state index is 12.8. The van der Waals surface area contributed by atoms with Crippen LogP contribution in [0.3, 0.4) is 0 Å². The average molecular weight is 394 g/mol. The summed E-state index contributed by atoms with van der Waals surface area (Å²) in [5.74, 6) is 0. The Morgan fingerprint density at radius 3 is 2.38 bits per heavy atom. The molecular weight excluding hydrogens is 378 g/mol. The molecule has 4 nitrogen and oxygen atoms in total. The highest BCUT2D eigenvalue weighted by atomic mass is 35.5. The Balaban J connectivity index is 0.00000220. The van der Waals surface area contributed by atoms with Crippen LogP contribution in [0, 0.1) is 0 Å². The van der Waals surface area contributed by atoms with E-state index in [-0.39, 0.29) is 33.4 Å². The van der Waals surface area contributed by atoms with Gasteiger partial charge in [0.05, 0.1) is 10.0 Å². The summed E-state index contributed by atoms with van der Waals surface area (Å²) in [5.41, 5.74) is 0. The van der Waals surface area contributed by atoms with Crippen LogP contribution in [0.4, 0.5) is 0 Å². The van der Waals surface area contributed by atoms with Crippen LogP contribution in [-0.2, 0) is 10.0 Å². The second-order valence-corrected chi connectivity index (χ2v) is 7.75. The molecule has 0 aromatic heterocycles. The molecule has 0 amide bonds. The SMILES string of the molecule is CNCC1CCCN1S(=O)(=O)c1c(Cl)cc(Cl)cc1Cl.Cl. The predicted octanol–water partition coefficient (Wildman–Crippen LogP) is 3.44. The molecule has 21 heavy (non-hydrogen) atoms. The second kappa shape index (κ2) is 7.68. The van der Waals surface area contributed by atoms with Gasteiger partial charge in [-0.25, -0.2) is 8.42 Å². The quantitative estimate of drug-likeness (QED) is 0.852. The van der Waals surface area contributed by atoms with E-state index in [0.29, 0.717) is 18.1 Å². The number of rotatable bonds is 4. The number of sulfonamides is 1. The lowest BCUT2D eigenvalue weighted by Gasteiger charge is -2.24. The van der Waals surface area contributed by atoms with Crippen LogP contribution in [0.25, 0.3) is 0 Å². The fourth-order valence-electron chi connectivity index (χ4n) is 2.46. The lowest BCUT2D eigenvalue weighted by molar-refractivity contribution is 0.379. The molecule has 1 N–H and O–H groups in total. The van der Waals surface area contributed by atoms with Crippen molar-refractivity contribution in [1.82, 2.24) is 9.62 Å². The first-order valence-corrected chi connectivity index (χ1v) is 8.76. The third-order valence-corrected chi connectivity index (χ3v) is 6.39. The van der Waals surface area contributed by atoms with E-state index in [4.69, 9.17) is 34.8 Å². The van der Waals surface area contributed by atoms with Crippen LogP contribution in [0.2, 0.25) is 15.1 Å². The number of hydrogen-bond donors (Lipinski definition) is 1. The van der Waals surface area contributed by atoms with Crippen LogP contribution < -0.4 is 5.32 Å². The monoisotopic (exact) mass is 392 g/mol. The van der Waals surface area contributed by atoms with E-state index in [1.54, 1.807) is 7.05 Å². The molecule has 1 aromatic rings. The fourth-order valence-corrected chi connectivity index (χ4v) is 5.65. The molecule has 0 bridgehead atoms. The van der Waals surface area contributed by atoms with Gasteiger partial charge in [-0.1, -0.05) is 34.8 Å². The molecule has 1 unspecified atom stereocenters. The first-order valence-electron chi connectivity index (χ1n) is 6.19. The van der Waals surface area contributed by atoms with Crippen molar-refractivity contribution < 1.29 is 8.42 Å². The number of halogens is 4. The predicted molar refractivity (Wildman–Crippen MR) is 89.6 cm³/mol. The molecule has 0 spiro atoms. The fraction of sp³-hybridized carbons (Fsp3) is 0.500. The minimum atomic E-state index is -3.72. The third kappa shape index (κ3) is 3.96. The number of nitrogens with one attached hydrogen (secondary N) is 1. The molecule has 9 heteroatoms. The summed E-state index contributed by atoms with van der Waals surface area (Å²) in [5, 5.41) is 3.43. The van der Waals surface area contributed by atoms with E-state index in [1.165, 1.54) is 16.4 Å². The molecule has 1 heterocycles. The Labute approximate surface area is 146 Å². The molecule has 0 radical (unpaired) electrons. The smallest absolute Gasteiger partial charge is 0.246 e. The van der Waals surface area contributed by atoms with Gasteiger partial charge in [0, 0.05) is 24.2 Å². The number of likely N-dealkylation sites (N-methyl/N-ethyl adjacent to an activating group) is 1. The highest BCUT2D eigenvalue weighted by Gasteiger charge is 2.37. The van der Waals surface area contributed by atoms with E-state index in [2.05, 4.69) is 5.32 Å².